The van der Waals surface area contributed by atoms with E-state index in [0.29, 0.717) is 0 Å². The molecule has 0 radical (unpaired) electrons. The highest BCUT2D eigenvalue weighted by molar-refractivity contribution is 7.89. The normalized spacial score (nSPS) is 11.1. The summed E-state index contributed by atoms with van der Waals surface area (Å²) < 4.78 is 31.1. The maximum absolute atomic E-state index is 12.6. The maximum atomic E-state index is 12.6. The van der Waals surface area contributed by atoms with Gasteiger partial charge < -0.3 is 14.9 Å². The summed E-state index contributed by atoms with van der Waals surface area (Å²) in [7, 11) is -2.50. The number of benzene rings is 2. The lowest BCUT2D eigenvalue weighted by atomic mass is 10.1. The highest BCUT2D eigenvalue weighted by atomic mass is 32.2. The number of hydrogen-bond acceptors (Lipinski definition) is 7. The number of anilines is 1. The minimum atomic E-state index is -3.75. The number of aromatic carboxylic acids is 1. The van der Waals surface area contributed by atoms with Gasteiger partial charge in [0.05, 0.1) is 33.2 Å². The second kappa shape index (κ2) is 7.10. The summed E-state index contributed by atoms with van der Waals surface area (Å²) in [5.41, 5.74) is 0.0237. The lowest BCUT2D eigenvalue weighted by Gasteiger charge is -2.07. The Morgan fingerprint density at radius 2 is 1.96 bits per heavy atom. The van der Waals surface area contributed by atoms with E-state index in [9.17, 15) is 23.1 Å². The van der Waals surface area contributed by atoms with Gasteiger partial charge in [0.15, 0.2) is 0 Å². The Kier molecular flexibility index (Phi) is 4.83. The van der Waals surface area contributed by atoms with E-state index in [1.165, 1.54) is 37.4 Å². The fourth-order valence-electron chi connectivity index (χ4n) is 2.45. The molecule has 0 saturated carbocycles. The van der Waals surface area contributed by atoms with Crippen LogP contribution in [-0.4, -0.2) is 37.6 Å². The van der Waals surface area contributed by atoms with Crippen LogP contribution in [0.2, 0.25) is 0 Å². The number of nitrogens with one attached hydrogen (secondary N) is 2. The van der Waals surface area contributed by atoms with Crippen LogP contribution < -0.4 is 10.0 Å². The number of hydrogen-bond donors (Lipinski definition) is 3. The molecule has 28 heavy (non-hydrogen) atoms. The Morgan fingerprint density at radius 1 is 1.21 bits per heavy atom. The van der Waals surface area contributed by atoms with Crippen LogP contribution in [0.1, 0.15) is 26.5 Å². The number of sulfonamides is 1. The molecule has 10 nitrogen and oxygen atoms in total. The van der Waals surface area contributed by atoms with Crippen molar-refractivity contribution in [1.29, 1.82) is 5.26 Å². The van der Waals surface area contributed by atoms with Gasteiger partial charge in [-0.3, -0.25) is 4.79 Å². The summed E-state index contributed by atoms with van der Waals surface area (Å²) in [6.45, 7) is 0. The van der Waals surface area contributed by atoms with E-state index in [4.69, 9.17) is 9.78 Å². The van der Waals surface area contributed by atoms with Gasteiger partial charge in [-0.2, -0.15) is 5.26 Å². The van der Waals surface area contributed by atoms with Gasteiger partial charge in [-0.1, -0.05) is 5.16 Å². The van der Waals surface area contributed by atoms with Crippen molar-refractivity contribution in [3.05, 3.63) is 53.3 Å². The number of carboxylic acid groups (broad SMARTS) is 1. The van der Waals surface area contributed by atoms with Crippen molar-refractivity contribution >= 4 is 38.5 Å². The van der Waals surface area contributed by atoms with E-state index in [0.717, 1.165) is 6.07 Å². The van der Waals surface area contributed by atoms with E-state index < -0.39 is 21.9 Å². The number of carbonyl (C=O) groups is 2. The minimum absolute atomic E-state index is 0.0555. The molecule has 0 spiro atoms. The van der Waals surface area contributed by atoms with Crippen molar-refractivity contribution in [1.82, 2.24) is 9.88 Å². The van der Waals surface area contributed by atoms with Gasteiger partial charge in [0.1, 0.15) is 5.52 Å². The Labute approximate surface area is 158 Å². The molecule has 0 unspecified atom stereocenters. The molecular formula is C17H12N4O6S. The molecule has 0 aliphatic heterocycles. The third kappa shape index (κ3) is 3.41. The molecule has 0 bridgehead atoms. The Balaban J connectivity index is 2.02. The first kappa shape index (κ1) is 19.0. The van der Waals surface area contributed by atoms with Crippen LogP contribution in [0, 0.1) is 11.3 Å². The van der Waals surface area contributed by atoms with Crippen LogP contribution in [0.15, 0.2) is 45.8 Å². The molecule has 3 N–H and O–H groups in total. The second-order valence-corrected chi connectivity index (χ2v) is 7.42. The fraction of sp³-hybridized carbons (Fsp3) is 0.0588. The first-order valence-corrected chi connectivity index (χ1v) is 9.17. The van der Waals surface area contributed by atoms with Crippen LogP contribution >= 0.6 is 0 Å². The number of rotatable bonds is 5. The van der Waals surface area contributed by atoms with Crippen LogP contribution in [0.3, 0.4) is 0 Å². The summed E-state index contributed by atoms with van der Waals surface area (Å²) in [5, 5.41) is 24.4. The molecule has 1 amide bonds. The number of carboxylic acids is 1. The standard InChI is InChI=1S/C17H12N4O6S/c1-19-28(25,26)10-3-5-14-11(7-10)15(27-21-14)16(22)20-13-4-2-9(8-18)6-12(13)17(23)24/h2-7,19H,1H3,(H,20,22)(H,23,24). The van der Waals surface area contributed by atoms with Crippen molar-refractivity contribution in [2.75, 3.05) is 12.4 Å². The molecule has 0 aliphatic carbocycles. The van der Waals surface area contributed by atoms with Gasteiger partial charge in [0, 0.05) is 0 Å². The molecule has 0 saturated heterocycles. The predicted octanol–water partition coefficient (Wildman–Crippen LogP) is 1.56. The molecule has 142 valence electrons. The van der Waals surface area contributed by atoms with Crippen LogP contribution in [0.5, 0.6) is 0 Å². The van der Waals surface area contributed by atoms with E-state index in [-0.39, 0.29) is 38.4 Å². The molecule has 1 aromatic heterocycles. The third-order valence-corrected chi connectivity index (χ3v) is 5.27. The van der Waals surface area contributed by atoms with Crippen LogP contribution in [0.4, 0.5) is 5.69 Å². The van der Waals surface area contributed by atoms with Gasteiger partial charge >= 0.3 is 5.97 Å². The first-order chi connectivity index (χ1) is 13.3. The van der Waals surface area contributed by atoms with Crippen molar-refractivity contribution in [2.24, 2.45) is 0 Å². The van der Waals surface area contributed by atoms with Gasteiger partial charge in [0.2, 0.25) is 15.8 Å². The lowest BCUT2D eigenvalue weighted by molar-refractivity contribution is 0.0698. The molecule has 3 aromatic rings. The number of nitrogens with zero attached hydrogens (tertiary/aromatic N) is 2. The SMILES string of the molecule is CNS(=O)(=O)c1ccc2noc(C(=O)Nc3ccc(C#N)cc3C(=O)O)c2c1. The predicted molar refractivity (Wildman–Crippen MR) is 96.3 cm³/mol. The maximum Gasteiger partial charge on any atom is 0.337 e. The summed E-state index contributed by atoms with van der Waals surface area (Å²) >= 11 is 0. The average Bonchev–Trinajstić information content (AvgIpc) is 3.11. The summed E-state index contributed by atoms with van der Waals surface area (Å²) in [6, 6.07) is 9.46. The number of aromatic nitrogens is 1. The third-order valence-electron chi connectivity index (χ3n) is 3.86. The lowest BCUT2D eigenvalue weighted by Crippen LogP contribution is -2.18. The Hall–Kier alpha value is -3.75. The topological polar surface area (TPSA) is 162 Å². The summed E-state index contributed by atoms with van der Waals surface area (Å²) in [5.74, 6) is -2.45. The molecular weight excluding hydrogens is 388 g/mol. The molecule has 0 atom stereocenters. The van der Waals surface area contributed by atoms with Gasteiger partial charge in [-0.15, -0.1) is 0 Å². The molecule has 0 fully saturated rings. The quantitative estimate of drug-likeness (QED) is 0.581. The van der Waals surface area contributed by atoms with E-state index in [1.54, 1.807) is 0 Å². The van der Waals surface area contributed by atoms with E-state index >= 15 is 0 Å². The zero-order chi connectivity index (χ0) is 20.5. The van der Waals surface area contributed by atoms with Crippen LogP contribution in [-0.2, 0) is 10.0 Å². The number of carbonyl (C=O) groups excluding carboxylic acids is 1. The number of fused-ring (bicyclic) bond motifs is 1. The second-order valence-electron chi connectivity index (χ2n) is 5.53. The monoisotopic (exact) mass is 400 g/mol. The first-order valence-electron chi connectivity index (χ1n) is 7.68. The highest BCUT2D eigenvalue weighted by Crippen LogP contribution is 2.24. The molecule has 11 heteroatoms. The zero-order valence-electron chi connectivity index (χ0n) is 14.3. The average molecular weight is 400 g/mol. The zero-order valence-corrected chi connectivity index (χ0v) is 15.1. The minimum Gasteiger partial charge on any atom is -0.478 e. The van der Waals surface area contributed by atoms with E-state index in [1.807, 2.05) is 6.07 Å². The van der Waals surface area contributed by atoms with Gasteiger partial charge in [-0.05, 0) is 43.4 Å². The van der Waals surface area contributed by atoms with Crippen molar-refractivity contribution in [3.8, 4) is 6.07 Å². The summed E-state index contributed by atoms with van der Waals surface area (Å²) in [4.78, 5) is 23.9. The fourth-order valence-corrected chi connectivity index (χ4v) is 3.20. The van der Waals surface area contributed by atoms with Gasteiger partial charge in [0.25, 0.3) is 5.91 Å². The van der Waals surface area contributed by atoms with Crippen molar-refractivity contribution in [3.63, 3.8) is 0 Å². The number of nitriles is 1. The van der Waals surface area contributed by atoms with E-state index in [2.05, 4.69) is 15.2 Å². The number of amides is 1. The molecule has 2 aromatic carbocycles. The molecule has 0 aliphatic rings. The summed E-state index contributed by atoms with van der Waals surface area (Å²) in [6.07, 6.45) is 0. The smallest absolute Gasteiger partial charge is 0.337 e. The Bertz CT molecular complexity index is 1260. The largest absolute Gasteiger partial charge is 0.478 e. The molecule has 3 rings (SSSR count). The van der Waals surface area contributed by atoms with Crippen molar-refractivity contribution < 1.29 is 27.6 Å². The van der Waals surface area contributed by atoms with Crippen LogP contribution in [0.25, 0.3) is 10.9 Å². The van der Waals surface area contributed by atoms with Gasteiger partial charge in [-0.25, -0.2) is 17.9 Å². The van der Waals surface area contributed by atoms with Crippen molar-refractivity contribution in [2.45, 2.75) is 4.90 Å². The molecule has 1 heterocycles. The highest BCUT2D eigenvalue weighted by Gasteiger charge is 2.22. The Morgan fingerprint density at radius 3 is 2.61 bits per heavy atom.